The van der Waals surface area contributed by atoms with Crippen molar-refractivity contribution in [2.45, 2.75) is 26.2 Å². The number of hydrogen-bond donors (Lipinski definition) is 1. The highest BCUT2D eigenvalue weighted by Gasteiger charge is 2.31. The molecule has 100 valence electrons. The summed E-state index contributed by atoms with van der Waals surface area (Å²) in [6, 6.07) is 5.94. The van der Waals surface area contributed by atoms with Gasteiger partial charge in [0.25, 0.3) is 0 Å². The van der Waals surface area contributed by atoms with E-state index in [1.165, 1.54) is 5.56 Å². The number of hydrogen-bond acceptors (Lipinski definition) is 2. The first-order chi connectivity index (χ1) is 8.65. The van der Waals surface area contributed by atoms with Crippen LogP contribution in [0.15, 0.2) is 18.2 Å². The Morgan fingerprint density at radius 1 is 1.39 bits per heavy atom. The molecule has 1 fully saturated rings. The lowest BCUT2D eigenvalue weighted by atomic mass is 9.75. The Balaban J connectivity index is 2.39. The fourth-order valence-corrected chi connectivity index (χ4v) is 3.30. The zero-order valence-corrected chi connectivity index (χ0v) is 12.1. The molecule has 0 amide bonds. The van der Waals surface area contributed by atoms with E-state index in [1.54, 1.807) is 7.11 Å². The van der Waals surface area contributed by atoms with Gasteiger partial charge in [0.2, 0.25) is 0 Å². The van der Waals surface area contributed by atoms with Crippen molar-refractivity contribution in [3.63, 3.8) is 0 Å². The van der Waals surface area contributed by atoms with Crippen molar-refractivity contribution < 1.29 is 4.74 Å². The molecule has 1 aliphatic rings. The van der Waals surface area contributed by atoms with E-state index < -0.39 is 0 Å². The molecule has 1 heterocycles. The molecule has 18 heavy (non-hydrogen) atoms. The Kier molecular flexibility index (Phi) is 4.52. The summed E-state index contributed by atoms with van der Waals surface area (Å²) in [4.78, 5) is 0. The lowest BCUT2D eigenvalue weighted by molar-refractivity contribution is 0.250. The normalized spacial score (nSPS) is 24.3. The molecule has 0 aliphatic carbocycles. The Hall–Kier alpha value is -0.730. The van der Waals surface area contributed by atoms with Gasteiger partial charge in [-0.1, -0.05) is 31.5 Å². The van der Waals surface area contributed by atoms with Crippen molar-refractivity contribution in [3.05, 3.63) is 28.8 Å². The van der Waals surface area contributed by atoms with Gasteiger partial charge in [-0.05, 0) is 49.4 Å². The van der Waals surface area contributed by atoms with Crippen LogP contribution in [0.2, 0.25) is 5.02 Å². The maximum Gasteiger partial charge on any atom is 0.123 e. The summed E-state index contributed by atoms with van der Waals surface area (Å²) in [6.07, 6.45) is 1.13. The molecular formula is C15H22ClNO. The van der Waals surface area contributed by atoms with Gasteiger partial charge >= 0.3 is 0 Å². The Bertz CT molecular complexity index is 405. The smallest absolute Gasteiger partial charge is 0.123 e. The Morgan fingerprint density at radius 3 is 2.83 bits per heavy atom. The molecule has 1 aliphatic heterocycles. The van der Waals surface area contributed by atoms with E-state index in [0.717, 1.165) is 30.3 Å². The maximum atomic E-state index is 6.41. The number of nitrogens with one attached hydrogen (secondary N) is 1. The van der Waals surface area contributed by atoms with Crippen LogP contribution in [0, 0.1) is 11.8 Å². The molecule has 2 rings (SSSR count). The topological polar surface area (TPSA) is 21.3 Å². The van der Waals surface area contributed by atoms with Gasteiger partial charge in [0.1, 0.15) is 5.75 Å². The highest BCUT2D eigenvalue weighted by molar-refractivity contribution is 6.31. The highest BCUT2D eigenvalue weighted by atomic mass is 35.5. The molecule has 1 aromatic carbocycles. The molecule has 2 atom stereocenters. The Labute approximate surface area is 115 Å². The molecule has 1 aromatic rings. The van der Waals surface area contributed by atoms with Gasteiger partial charge < -0.3 is 10.1 Å². The van der Waals surface area contributed by atoms with Crippen molar-refractivity contribution in [2.24, 2.45) is 11.8 Å². The van der Waals surface area contributed by atoms with Crippen LogP contribution in [0.25, 0.3) is 0 Å². The minimum atomic E-state index is 0.495. The number of rotatable bonds is 3. The summed E-state index contributed by atoms with van der Waals surface area (Å²) in [6.45, 7) is 6.70. The van der Waals surface area contributed by atoms with E-state index in [4.69, 9.17) is 16.3 Å². The van der Waals surface area contributed by atoms with Gasteiger partial charge in [0.05, 0.1) is 7.11 Å². The minimum Gasteiger partial charge on any atom is -0.496 e. The van der Waals surface area contributed by atoms with Crippen LogP contribution in [0.5, 0.6) is 5.75 Å². The van der Waals surface area contributed by atoms with Crippen molar-refractivity contribution >= 4 is 11.6 Å². The van der Waals surface area contributed by atoms with Gasteiger partial charge in [-0.3, -0.25) is 0 Å². The lowest BCUT2D eigenvalue weighted by Gasteiger charge is -2.36. The molecule has 3 heteroatoms. The number of methoxy groups -OCH3 is 1. The quantitative estimate of drug-likeness (QED) is 0.902. The van der Waals surface area contributed by atoms with E-state index in [1.807, 2.05) is 18.2 Å². The molecule has 0 radical (unpaired) electrons. The van der Waals surface area contributed by atoms with Crippen LogP contribution in [-0.4, -0.2) is 20.2 Å². The molecule has 2 unspecified atom stereocenters. The number of ether oxygens (including phenoxy) is 1. The summed E-state index contributed by atoms with van der Waals surface area (Å²) in [5.74, 6) is 2.69. The van der Waals surface area contributed by atoms with E-state index in [9.17, 15) is 0 Å². The molecule has 2 nitrogen and oxygen atoms in total. The fourth-order valence-electron chi connectivity index (χ4n) is 3.00. The average molecular weight is 268 g/mol. The molecule has 0 aromatic heterocycles. The van der Waals surface area contributed by atoms with Gasteiger partial charge in [-0.25, -0.2) is 0 Å². The van der Waals surface area contributed by atoms with E-state index in [0.29, 0.717) is 17.8 Å². The zero-order valence-electron chi connectivity index (χ0n) is 11.4. The van der Waals surface area contributed by atoms with Crippen molar-refractivity contribution in [1.29, 1.82) is 0 Å². The van der Waals surface area contributed by atoms with Crippen LogP contribution in [0.1, 0.15) is 31.7 Å². The van der Waals surface area contributed by atoms with E-state index in [-0.39, 0.29) is 0 Å². The summed E-state index contributed by atoms with van der Waals surface area (Å²) in [5, 5.41) is 4.33. The predicted octanol–water partition coefficient (Wildman–Crippen LogP) is 3.70. The molecule has 0 bridgehead atoms. The van der Waals surface area contributed by atoms with Crippen LogP contribution < -0.4 is 10.1 Å². The third-order valence-corrected chi connectivity index (χ3v) is 4.32. The average Bonchev–Trinajstić information content (AvgIpc) is 2.38. The van der Waals surface area contributed by atoms with Crippen LogP contribution in [-0.2, 0) is 0 Å². The van der Waals surface area contributed by atoms with Crippen LogP contribution in [0.3, 0.4) is 0 Å². The second-order valence-corrected chi connectivity index (χ2v) is 5.77. The van der Waals surface area contributed by atoms with E-state index >= 15 is 0 Å². The molecule has 0 saturated carbocycles. The monoisotopic (exact) mass is 267 g/mol. The number of piperidine rings is 1. The van der Waals surface area contributed by atoms with Crippen molar-refractivity contribution in [1.82, 2.24) is 5.32 Å². The van der Waals surface area contributed by atoms with Gasteiger partial charge in [0.15, 0.2) is 0 Å². The second kappa shape index (κ2) is 5.94. The highest BCUT2D eigenvalue weighted by Crippen LogP contribution is 2.42. The SMILES string of the molecule is COc1cccc(Cl)c1C1CCNCC1C(C)C. The third kappa shape index (κ3) is 2.65. The third-order valence-electron chi connectivity index (χ3n) is 3.99. The molecule has 0 spiro atoms. The van der Waals surface area contributed by atoms with Crippen LogP contribution in [0.4, 0.5) is 0 Å². The number of halogens is 1. The summed E-state index contributed by atoms with van der Waals surface area (Å²) < 4.78 is 5.50. The van der Waals surface area contributed by atoms with E-state index in [2.05, 4.69) is 19.2 Å². The summed E-state index contributed by atoms with van der Waals surface area (Å²) in [7, 11) is 1.72. The molecule has 1 saturated heterocycles. The summed E-state index contributed by atoms with van der Waals surface area (Å²) in [5.41, 5.74) is 1.20. The Morgan fingerprint density at radius 2 is 2.17 bits per heavy atom. The van der Waals surface area contributed by atoms with Crippen molar-refractivity contribution in [3.8, 4) is 5.75 Å². The first kappa shape index (κ1) is 13.7. The fraction of sp³-hybridized carbons (Fsp3) is 0.600. The zero-order chi connectivity index (χ0) is 13.1. The lowest BCUT2D eigenvalue weighted by Crippen LogP contribution is -2.38. The summed E-state index contributed by atoms with van der Waals surface area (Å²) >= 11 is 6.41. The first-order valence-electron chi connectivity index (χ1n) is 6.68. The van der Waals surface area contributed by atoms with Crippen LogP contribution >= 0.6 is 11.6 Å². The van der Waals surface area contributed by atoms with Gasteiger partial charge in [-0.15, -0.1) is 0 Å². The number of benzene rings is 1. The maximum absolute atomic E-state index is 6.41. The van der Waals surface area contributed by atoms with Crippen molar-refractivity contribution in [2.75, 3.05) is 20.2 Å². The molecular weight excluding hydrogens is 246 g/mol. The first-order valence-corrected chi connectivity index (χ1v) is 7.06. The minimum absolute atomic E-state index is 0.495. The molecule has 1 N–H and O–H groups in total. The predicted molar refractivity (Wildman–Crippen MR) is 76.6 cm³/mol. The standard InChI is InChI=1S/C15H22ClNO/c1-10(2)12-9-17-8-7-11(12)15-13(16)5-4-6-14(15)18-3/h4-6,10-12,17H,7-9H2,1-3H3. The van der Waals surface area contributed by atoms with Gasteiger partial charge in [-0.2, -0.15) is 0 Å². The van der Waals surface area contributed by atoms with Gasteiger partial charge in [0, 0.05) is 10.6 Å². The second-order valence-electron chi connectivity index (χ2n) is 5.36. The largest absolute Gasteiger partial charge is 0.496 e.